The minimum Gasteiger partial charge on any atom is -0.494 e. The van der Waals surface area contributed by atoms with Crippen LogP contribution in [0.15, 0.2) is 61.2 Å². The van der Waals surface area contributed by atoms with Crippen LogP contribution in [-0.2, 0) is 4.79 Å². The second kappa shape index (κ2) is 10.8. The van der Waals surface area contributed by atoms with Crippen LogP contribution in [-0.4, -0.2) is 18.5 Å². The molecule has 2 rings (SSSR count). The van der Waals surface area contributed by atoms with Gasteiger partial charge in [-0.25, -0.2) is 4.79 Å². The summed E-state index contributed by atoms with van der Waals surface area (Å²) < 4.78 is 16.1. The van der Waals surface area contributed by atoms with Crippen LogP contribution in [0.25, 0.3) is 0 Å². The highest BCUT2D eigenvalue weighted by molar-refractivity contribution is 5.91. The molecule has 2 aromatic carbocycles. The number of ether oxygens (including phenoxy) is 3. The molecule has 5 heteroatoms. The molecular weight excluding hydrogens is 344 g/mol. The number of esters is 2. The largest absolute Gasteiger partial charge is 0.494 e. The van der Waals surface area contributed by atoms with E-state index in [2.05, 4.69) is 13.5 Å². The lowest BCUT2D eigenvalue weighted by Gasteiger charge is -2.08. The van der Waals surface area contributed by atoms with Gasteiger partial charge in [0.15, 0.2) is 0 Å². The summed E-state index contributed by atoms with van der Waals surface area (Å²) in [6, 6.07) is 13.2. The Labute approximate surface area is 159 Å². The number of hydrogen-bond donors (Lipinski definition) is 0. The van der Waals surface area contributed by atoms with Crippen LogP contribution in [0.2, 0.25) is 0 Å². The minimum atomic E-state index is -0.487. The van der Waals surface area contributed by atoms with Gasteiger partial charge in [-0.1, -0.05) is 19.4 Å². The van der Waals surface area contributed by atoms with Gasteiger partial charge in [-0.05, 0) is 61.4 Å². The normalized spacial score (nSPS) is 10.1. The van der Waals surface area contributed by atoms with Crippen molar-refractivity contribution in [2.45, 2.75) is 32.6 Å². The van der Waals surface area contributed by atoms with Gasteiger partial charge in [-0.15, -0.1) is 6.58 Å². The highest BCUT2D eigenvalue weighted by Gasteiger charge is 2.10. The lowest BCUT2D eigenvalue weighted by molar-refractivity contribution is -0.134. The predicted molar refractivity (Wildman–Crippen MR) is 103 cm³/mol. The summed E-state index contributed by atoms with van der Waals surface area (Å²) in [6.07, 6.45) is 4.56. The molecule has 0 aliphatic carbocycles. The second-order valence-electron chi connectivity index (χ2n) is 5.89. The molecule has 0 saturated carbocycles. The van der Waals surface area contributed by atoms with E-state index in [9.17, 15) is 9.59 Å². The Hall–Kier alpha value is -3.08. The van der Waals surface area contributed by atoms with Crippen molar-refractivity contribution in [3.8, 4) is 17.2 Å². The van der Waals surface area contributed by atoms with Gasteiger partial charge in [-0.2, -0.15) is 0 Å². The van der Waals surface area contributed by atoms with Crippen molar-refractivity contribution in [1.29, 1.82) is 0 Å². The van der Waals surface area contributed by atoms with Gasteiger partial charge in [0, 0.05) is 6.42 Å². The van der Waals surface area contributed by atoms with Gasteiger partial charge in [-0.3, -0.25) is 4.79 Å². The van der Waals surface area contributed by atoms with Crippen LogP contribution in [0.5, 0.6) is 17.2 Å². The van der Waals surface area contributed by atoms with Crippen molar-refractivity contribution in [3.05, 3.63) is 66.7 Å². The van der Waals surface area contributed by atoms with E-state index < -0.39 is 5.97 Å². The van der Waals surface area contributed by atoms with E-state index in [-0.39, 0.29) is 12.4 Å². The van der Waals surface area contributed by atoms with E-state index in [0.29, 0.717) is 30.1 Å². The Morgan fingerprint density at radius 1 is 0.926 bits per heavy atom. The third-order valence-corrected chi connectivity index (χ3v) is 3.68. The molecule has 0 unspecified atom stereocenters. The topological polar surface area (TPSA) is 61.8 Å². The van der Waals surface area contributed by atoms with Gasteiger partial charge < -0.3 is 14.2 Å². The molecule has 0 N–H and O–H groups in total. The number of rotatable bonds is 10. The zero-order chi connectivity index (χ0) is 19.5. The minimum absolute atomic E-state index is 0.269. The lowest BCUT2D eigenvalue weighted by Crippen LogP contribution is -2.09. The highest BCUT2D eigenvalue weighted by Crippen LogP contribution is 2.20. The molecule has 0 spiro atoms. The van der Waals surface area contributed by atoms with E-state index in [4.69, 9.17) is 14.2 Å². The monoisotopic (exact) mass is 368 g/mol. The summed E-state index contributed by atoms with van der Waals surface area (Å²) in [7, 11) is 0. The number of allylic oxidation sites excluding steroid dienone is 1. The zero-order valence-electron chi connectivity index (χ0n) is 15.5. The van der Waals surface area contributed by atoms with Gasteiger partial charge in [0.25, 0.3) is 0 Å². The average Bonchev–Trinajstić information content (AvgIpc) is 2.68. The summed E-state index contributed by atoms with van der Waals surface area (Å²) in [5, 5.41) is 0. The lowest BCUT2D eigenvalue weighted by atomic mass is 10.2. The van der Waals surface area contributed by atoms with Gasteiger partial charge in [0.1, 0.15) is 17.2 Å². The van der Waals surface area contributed by atoms with Crippen molar-refractivity contribution in [3.63, 3.8) is 0 Å². The summed E-state index contributed by atoms with van der Waals surface area (Å²) in [6.45, 7) is 6.33. The molecular formula is C22H24O5. The molecule has 0 aliphatic rings. The maximum absolute atomic E-state index is 12.2. The summed E-state index contributed by atoms with van der Waals surface area (Å²) in [5.41, 5.74) is 0.365. The van der Waals surface area contributed by atoms with Crippen molar-refractivity contribution in [2.24, 2.45) is 0 Å². The fourth-order valence-corrected chi connectivity index (χ4v) is 2.17. The van der Waals surface area contributed by atoms with Crippen molar-refractivity contribution in [2.75, 3.05) is 6.61 Å². The summed E-state index contributed by atoms with van der Waals surface area (Å²) in [4.78, 5) is 23.8. The zero-order valence-corrected chi connectivity index (χ0v) is 15.5. The number of hydrogen-bond acceptors (Lipinski definition) is 5. The number of carbonyl (C=O) groups excluding carboxylic acids is 2. The van der Waals surface area contributed by atoms with Crippen LogP contribution in [0.1, 0.15) is 43.0 Å². The van der Waals surface area contributed by atoms with Crippen molar-refractivity contribution in [1.82, 2.24) is 0 Å². The van der Waals surface area contributed by atoms with Crippen molar-refractivity contribution < 1.29 is 23.8 Å². The third kappa shape index (κ3) is 6.98. The molecule has 0 aromatic heterocycles. The molecule has 0 heterocycles. The van der Waals surface area contributed by atoms with E-state index in [1.54, 1.807) is 54.6 Å². The smallest absolute Gasteiger partial charge is 0.343 e. The molecule has 0 aliphatic heterocycles. The van der Waals surface area contributed by atoms with E-state index in [0.717, 1.165) is 18.6 Å². The first kappa shape index (κ1) is 20.2. The standard InChI is InChI=1S/C22H24O5/c1-3-5-7-21(23)26-19-10-8-17(9-11-19)22(24)27-20-14-12-18(13-15-20)25-16-6-4-2/h3,8-15H,1,4-7,16H2,2H3. The molecule has 0 saturated heterocycles. The fourth-order valence-electron chi connectivity index (χ4n) is 2.17. The van der Waals surface area contributed by atoms with E-state index in [1.807, 2.05) is 0 Å². The molecule has 0 bridgehead atoms. The van der Waals surface area contributed by atoms with Gasteiger partial charge in [0.2, 0.25) is 0 Å². The van der Waals surface area contributed by atoms with Crippen LogP contribution in [0, 0.1) is 0 Å². The SMILES string of the molecule is C=CCCC(=O)Oc1ccc(C(=O)Oc2ccc(OCCCC)cc2)cc1. The predicted octanol–water partition coefficient (Wildman–Crippen LogP) is 4.96. The molecule has 0 radical (unpaired) electrons. The summed E-state index contributed by atoms with van der Waals surface area (Å²) in [5.74, 6) is 0.730. The van der Waals surface area contributed by atoms with Gasteiger partial charge in [0.05, 0.1) is 12.2 Å². The Morgan fingerprint density at radius 2 is 1.52 bits per heavy atom. The average molecular weight is 368 g/mol. The van der Waals surface area contributed by atoms with E-state index in [1.165, 1.54) is 0 Å². The Balaban J connectivity index is 1.88. The van der Waals surface area contributed by atoms with Crippen LogP contribution >= 0.6 is 0 Å². The van der Waals surface area contributed by atoms with Gasteiger partial charge >= 0.3 is 11.9 Å². The first-order valence-corrected chi connectivity index (χ1v) is 8.99. The fraction of sp³-hybridized carbons (Fsp3) is 0.273. The summed E-state index contributed by atoms with van der Waals surface area (Å²) >= 11 is 0. The maximum Gasteiger partial charge on any atom is 0.343 e. The highest BCUT2D eigenvalue weighted by atomic mass is 16.5. The Kier molecular flexibility index (Phi) is 8.10. The molecule has 0 amide bonds. The number of unbranched alkanes of at least 4 members (excludes halogenated alkanes) is 1. The molecule has 27 heavy (non-hydrogen) atoms. The third-order valence-electron chi connectivity index (χ3n) is 3.68. The first-order chi connectivity index (χ1) is 13.1. The first-order valence-electron chi connectivity index (χ1n) is 8.99. The maximum atomic E-state index is 12.2. The number of benzene rings is 2. The van der Waals surface area contributed by atoms with Crippen molar-refractivity contribution >= 4 is 11.9 Å². The van der Waals surface area contributed by atoms with Crippen LogP contribution < -0.4 is 14.2 Å². The molecule has 142 valence electrons. The molecule has 5 nitrogen and oxygen atoms in total. The quantitative estimate of drug-likeness (QED) is 0.257. The second-order valence-corrected chi connectivity index (χ2v) is 5.89. The van der Waals surface area contributed by atoms with Crippen LogP contribution in [0.3, 0.4) is 0 Å². The Bertz CT molecular complexity index is 747. The molecule has 0 fully saturated rings. The Morgan fingerprint density at radius 3 is 2.15 bits per heavy atom. The molecule has 0 atom stereocenters. The molecule has 2 aromatic rings. The van der Waals surface area contributed by atoms with E-state index >= 15 is 0 Å². The van der Waals surface area contributed by atoms with Crippen LogP contribution in [0.4, 0.5) is 0 Å². The number of carbonyl (C=O) groups is 2.